The Hall–Kier alpha value is -2.18. The molecule has 0 aromatic heterocycles. The van der Waals surface area contributed by atoms with Gasteiger partial charge in [-0.15, -0.1) is 6.42 Å². The summed E-state index contributed by atoms with van der Waals surface area (Å²) in [5.74, 6) is 1.66. The molecule has 0 aromatic carbocycles. The smallest absolute Gasteiger partial charge is 0.309 e. The van der Waals surface area contributed by atoms with Crippen molar-refractivity contribution < 1.29 is 18.0 Å². The van der Waals surface area contributed by atoms with Crippen LogP contribution in [-0.4, -0.2) is 85.2 Å². The van der Waals surface area contributed by atoms with E-state index in [1.54, 1.807) is 4.90 Å². The van der Waals surface area contributed by atoms with Gasteiger partial charge in [0.15, 0.2) is 0 Å². The van der Waals surface area contributed by atoms with Crippen molar-refractivity contribution in [1.29, 1.82) is 5.26 Å². The zero-order valence-corrected chi connectivity index (χ0v) is 18.4. The fraction of sp³-hybridized carbons (Fsp3) is 0.750. The molecule has 4 atom stereocenters. The summed E-state index contributed by atoms with van der Waals surface area (Å²) in [5, 5.41) is 10.4. The Bertz CT molecular complexity index is 950. The van der Waals surface area contributed by atoms with Crippen LogP contribution in [0.1, 0.15) is 32.1 Å². The number of nitriles is 1. The Morgan fingerprint density at radius 2 is 2.06 bits per heavy atom. The van der Waals surface area contributed by atoms with Crippen molar-refractivity contribution in [2.75, 3.05) is 33.2 Å². The van der Waals surface area contributed by atoms with E-state index < -0.39 is 32.8 Å². The molecule has 0 aromatic rings. The molecule has 4 fully saturated rings. The van der Waals surface area contributed by atoms with E-state index in [9.17, 15) is 23.3 Å². The first-order chi connectivity index (χ1) is 14.7. The number of hydrogen-bond donors (Lipinski definition) is 2. The summed E-state index contributed by atoms with van der Waals surface area (Å²) < 4.78 is 28.4. The molecule has 10 nitrogen and oxygen atoms in total. The molecule has 3 amide bonds. The molecule has 2 heterocycles. The third-order valence-electron chi connectivity index (χ3n) is 6.85. The van der Waals surface area contributed by atoms with Crippen LogP contribution in [0.15, 0.2) is 0 Å². The van der Waals surface area contributed by atoms with E-state index in [0.29, 0.717) is 38.8 Å². The highest BCUT2D eigenvalue weighted by atomic mass is 32.2. The Morgan fingerprint density at radius 3 is 2.65 bits per heavy atom. The van der Waals surface area contributed by atoms with Crippen LogP contribution in [0.5, 0.6) is 0 Å². The number of fused-ring (bicyclic) bond motifs is 1. The van der Waals surface area contributed by atoms with Crippen molar-refractivity contribution in [3.05, 3.63) is 0 Å². The molecule has 168 valence electrons. The van der Waals surface area contributed by atoms with Crippen LogP contribution in [0.4, 0.5) is 4.79 Å². The molecule has 11 heteroatoms. The molecule has 31 heavy (non-hydrogen) atoms. The van der Waals surface area contributed by atoms with E-state index in [0.717, 1.165) is 0 Å². The number of terminal acetylenes is 1. The van der Waals surface area contributed by atoms with Crippen molar-refractivity contribution >= 4 is 22.0 Å². The van der Waals surface area contributed by atoms with Crippen LogP contribution in [0.2, 0.25) is 0 Å². The van der Waals surface area contributed by atoms with Gasteiger partial charge >= 0.3 is 6.03 Å². The summed E-state index contributed by atoms with van der Waals surface area (Å²) in [6.45, 7) is 1.72. The lowest BCUT2D eigenvalue weighted by Gasteiger charge is -2.48. The zero-order valence-electron chi connectivity index (χ0n) is 17.6. The lowest BCUT2D eigenvalue weighted by atomic mass is 9.80. The van der Waals surface area contributed by atoms with Gasteiger partial charge in [0.2, 0.25) is 15.9 Å². The van der Waals surface area contributed by atoms with Crippen molar-refractivity contribution in [2.24, 2.45) is 11.8 Å². The normalized spacial score (nSPS) is 33.0. The summed E-state index contributed by atoms with van der Waals surface area (Å²) in [6.07, 6.45) is 7.32. The second-order valence-electron chi connectivity index (χ2n) is 9.12. The molecular weight excluding hydrogens is 420 g/mol. The number of carbonyl (C=O) groups excluding carboxylic acids is 2. The van der Waals surface area contributed by atoms with Gasteiger partial charge in [-0.05, 0) is 32.1 Å². The molecule has 2 saturated carbocycles. The fourth-order valence-corrected chi connectivity index (χ4v) is 6.85. The number of hydrazine groups is 1. The molecule has 0 spiro atoms. The molecule has 0 radical (unpaired) electrons. The molecule has 2 N–H and O–H groups in total. The Labute approximate surface area is 182 Å². The number of nitrogens with zero attached hydrogens (tertiary/aromatic N) is 4. The highest BCUT2D eigenvalue weighted by Gasteiger charge is 2.53. The monoisotopic (exact) mass is 448 g/mol. The largest absolute Gasteiger partial charge is 0.327 e. The van der Waals surface area contributed by atoms with Crippen molar-refractivity contribution in [1.82, 2.24) is 25.0 Å². The van der Waals surface area contributed by atoms with E-state index in [1.165, 1.54) is 4.90 Å². The predicted molar refractivity (Wildman–Crippen MR) is 111 cm³/mol. The molecule has 0 bridgehead atoms. The second-order valence-corrected chi connectivity index (χ2v) is 11.1. The maximum atomic E-state index is 13.3. The van der Waals surface area contributed by atoms with Gasteiger partial charge in [0.25, 0.3) is 0 Å². The van der Waals surface area contributed by atoms with Crippen LogP contribution in [0.3, 0.4) is 0 Å². The number of nitrogens with one attached hydrogen (secondary N) is 2. The average molecular weight is 449 g/mol. The lowest BCUT2D eigenvalue weighted by molar-refractivity contribution is -0.140. The number of sulfonamides is 1. The highest BCUT2D eigenvalue weighted by Crippen LogP contribution is 2.40. The summed E-state index contributed by atoms with van der Waals surface area (Å²) in [7, 11) is -1.86. The average Bonchev–Trinajstić information content (AvgIpc) is 3.38. The SMILES string of the molecule is C#CCN1C(=O)N(CC2CNN(C)C2)C(=O)C2CC(S(=O)(=O)NC3(C#N)CC3)CCC21. The van der Waals surface area contributed by atoms with Gasteiger partial charge in [0.1, 0.15) is 5.54 Å². The summed E-state index contributed by atoms with van der Waals surface area (Å²) in [4.78, 5) is 29.2. The summed E-state index contributed by atoms with van der Waals surface area (Å²) >= 11 is 0. The van der Waals surface area contributed by atoms with Crippen molar-refractivity contribution in [3.63, 3.8) is 0 Å². The maximum absolute atomic E-state index is 13.3. The van der Waals surface area contributed by atoms with Gasteiger partial charge in [0, 0.05) is 38.6 Å². The Morgan fingerprint density at radius 1 is 1.32 bits per heavy atom. The van der Waals surface area contributed by atoms with Gasteiger partial charge in [-0.1, -0.05) is 5.92 Å². The lowest BCUT2D eigenvalue weighted by Crippen LogP contribution is -2.64. The van der Waals surface area contributed by atoms with Gasteiger partial charge in [-0.2, -0.15) is 9.98 Å². The third kappa shape index (κ3) is 4.15. The third-order valence-corrected chi connectivity index (χ3v) is 8.83. The molecule has 2 aliphatic carbocycles. The van der Waals surface area contributed by atoms with Crippen LogP contribution in [-0.2, 0) is 14.8 Å². The minimum Gasteiger partial charge on any atom is -0.309 e. The molecule has 2 aliphatic heterocycles. The molecule has 4 rings (SSSR count). The van der Waals surface area contributed by atoms with Crippen LogP contribution < -0.4 is 10.1 Å². The Balaban J connectivity index is 1.54. The van der Waals surface area contributed by atoms with E-state index in [4.69, 9.17) is 6.42 Å². The molecule has 2 saturated heterocycles. The topological polar surface area (TPSA) is 126 Å². The Kier molecular flexibility index (Phi) is 5.73. The van der Waals surface area contributed by atoms with Gasteiger partial charge in [-0.3, -0.25) is 15.1 Å². The minimum atomic E-state index is -3.76. The fourth-order valence-electron chi connectivity index (χ4n) is 4.98. The van der Waals surface area contributed by atoms with E-state index >= 15 is 0 Å². The van der Waals surface area contributed by atoms with Crippen LogP contribution in [0.25, 0.3) is 0 Å². The quantitative estimate of drug-likeness (QED) is 0.523. The molecule has 4 aliphatic rings. The highest BCUT2D eigenvalue weighted by molar-refractivity contribution is 7.90. The number of carbonyl (C=O) groups is 2. The number of imide groups is 1. The van der Waals surface area contributed by atoms with Crippen LogP contribution in [0, 0.1) is 35.5 Å². The predicted octanol–water partition coefficient (Wildman–Crippen LogP) is -0.537. The number of hydrogen-bond acceptors (Lipinski definition) is 7. The number of rotatable bonds is 6. The minimum absolute atomic E-state index is 0.0831. The van der Waals surface area contributed by atoms with Crippen molar-refractivity contribution in [3.8, 4) is 18.4 Å². The summed E-state index contributed by atoms with van der Waals surface area (Å²) in [6, 6.07) is 1.26. The maximum Gasteiger partial charge on any atom is 0.327 e. The van der Waals surface area contributed by atoms with Gasteiger partial charge in [-0.25, -0.2) is 18.2 Å². The molecule has 4 unspecified atom stereocenters. The summed E-state index contributed by atoms with van der Waals surface area (Å²) in [5.41, 5.74) is 2.17. The first kappa shape index (κ1) is 22.0. The first-order valence-corrected chi connectivity index (χ1v) is 12.2. The van der Waals surface area contributed by atoms with Gasteiger partial charge in [0.05, 0.1) is 23.8 Å². The standard InChI is InChI=1S/C20H28N6O4S/c1-3-8-25-17-5-4-15(31(29,30)23-20(13-21)6-7-20)9-16(17)18(27)26(19(25)28)12-14-10-22-24(2)11-14/h1,14-17,22-23H,4-12H2,2H3. The van der Waals surface area contributed by atoms with Gasteiger partial charge < -0.3 is 4.90 Å². The zero-order chi connectivity index (χ0) is 22.4. The van der Waals surface area contributed by atoms with E-state index in [2.05, 4.69) is 16.1 Å². The van der Waals surface area contributed by atoms with Crippen LogP contribution >= 0.6 is 0 Å². The first-order valence-electron chi connectivity index (χ1n) is 10.6. The second kappa shape index (κ2) is 8.06. The van der Waals surface area contributed by atoms with E-state index in [1.807, 2.05) is 18.1 Å². The van der Waals surface area contributed by atoms with Crippen molar-refractivity contribution in [2.45, 2.75) is 48.9 Å². The number of amides is 3. The molecular formula is C20H28N6O4S. The van der Waals surface area contributed by atoms with E-state index in [-0.39, 0.29) is 37.4 Å². The number of urea groups is 1.